The highest BCUT2D eigenvalue weighted by Gasteiger charge is 2.29. The molecule has 1 saturated heterocycles. The number of aromatic nitrogens is 1. The minimum atomic E-state index is 0.158. The average Bonchev–Trinajstić information content (AvgIpc) is 3.37. The number of hydrogen-bond donors (Lipinski definition) is 0. The summed E-state index contributed by atoms with van der Waals surface area (Å²) in [6.45, 7) is 5.62. The largest absolute Gasteiger partial charge is 0.370 e. The smallest absolute Gasteiger partial charge is 0.265 e. The molecule has 2 fully saturated rings. The van der Waals surface area contributed by atoms with E-state index in [4.69, 9.17) is 0 Å². The summed E-state index contributed by atoms with van der Waals surface area (Å²) in [5.41, 5.74) is 2.53. The van der Waals surface area contributed by atoms with Crippen molar-refractivity contribution in [2.24, 2.45) is 0 Å². The van der Waals surface area contributed by atoms with Gasteiger partial charge in [0.1, 0.15) is 4.88 Å². The minimum Gasteiger partial charge on any atom is -0.370 e. The van der Waals surface area contributed by atoms with Crippen molar-refractivity contribution in [2.75, 3.05) is 31.1 Å². The highest BCUT2D eigenvalue weighted by Crippen LogP contribution is 2.41. The monoisotopic (exact) mass is 341 g/mol. The van der Waals surface area contributed by atoms with Crippen LogP contribution in [0.25, 0.3) is 0 Å². The van der Waals surface area contributed by atoms with E-state index < -0.39 is 0 Å². The summed E-state index contributed by atoms with van der Waals surface area (Å²) >= 11 is 1.59. The van der Waals surface area contributed by atoms with Crippen LogP contribution in [0.3, 0.4) is 0 Å². The molecule has 0 bridgehead atoms. The van der Waals surface area contributed by atoms with Gasteiger partial charge in [-0.1, -0.05) is 17.7 Å². The zero-order valence-corrected chi connectivity index (χ0v) is 14.9. The molecule has 1 aliphatic carbocycles. The zero-order chi connectivity index (χ0) is 16.5. The van der Waals surface area contributed by atoms with Crippen LogP contribution in [0.1, 0.15) is 45.4 Å². The van der Waals surface area contributed by atoms with Crippen LogP contribution in [-0.4, -0.2) is 42.0 Å². The molecule has 2 aromatic rings. The second kappa shape index (κ2) is 6.55. The van der Waals surface area contributed by atoms with Crippen molar-refractivity contribution in [3.8, 4) is 0 Å². The van der Waals surface area contributed by atoms with Crippen molar-refractivity contribution in [1.29, 1.82) is 0 Å². The van der Waals surface area contributed by atoms with Gasteiger partial charge in [0.2, 0.25) is 0 Å². The SMILES string of the molecule is Cc1ccc(N2CCCN(C(=O)c3cnc(C4CC4)s3)CC2)cc1. The minimum absolute atomic E-state index is 0.158. The summed E-state index contributed by atoms with van der Waals surface area (Å²) in [5, 5.41) is 1.15. The van der Waals surface area contributed by atoms with Gasteiger partial charge in [0.05, 0.1) is 11.2 Å². The summed E-state index contributed by atoms with van der Waals surface area (Å²) in [6, 6.07) is 8.66. The fourth-order valence-corrected chi connectivity index (χ4v) is 4.25. The van der Waals surface area contributed by atoms with Gasteiger partial charge in [-0.15, -0.1) is 11.3 Å². The molecule has 1 amide bonds. The Morgan fingerprint density at radius 1 is 1.12 bits per heavy atom. The molecule has 0 unspecified atom stereocenters. The molecule has 0 N–H and O–H groups in total. The van der Waals surface area contributed by atoms with Gasteiger partial charge in [-0.25, -0.2) is 4.98 Å². The molecule has 1 saturated carbocycles. The van der Waals surface area contributed by atoms with E-state index in [9.17, 15) is 4.79 Å². The number of benzene rings is 1. The second-order valence-electron chi connectivity index (χ2n) is 6.81. The first-order valence-corrected chi connectivity index (χ1v) is 9.59. The van der Waals surface area contributed by atoms with Gasteiger partial charge in [-0.05, 0) is 38.3 Å². The van der Waals surface area contributed by atoms with Gasteiger partial charge in [-0.2, -0.15) is 0 Å². The Labute approximate surface area is 147 Å². The molecular formula is C19H23N3OS. The number of carbonyl (C=O) groups excluding carboxylic acids is 1. The van der Waals surface area contributed by atoms with Gasteiger partial charge >= 0.3 is 0 Å². The number of aryl methyl sites for hydroxylation is 1. The lowest BCUT2D eigenvalue weighted by atomic mass is 10.2. The van der Waals surface area contributed by atoms with E-state index in [0.717, 1.165) is 42.5 Å². The highest BCUT2D eigenvalue weighted by atomic mass is 32.1. The van der Waals surface area contributed by atoms with Crippen molar-refractivity contribution in [2.45, 2.75) is 32.1 Å². The highest BCUT2D eigenvalue weighted by molar-refractivity contribution is 7.13. The van der Waals surface area contributed by atoms with E-state index in [2.05, 4.69) is 41.1 Å². The number of amides is 1. The fraction of sp³-hybridized carbons (Fsp3) is 0.474. The molecule has 24 heavy (non-hydrogen) atoms. The van der Waals surface area contributed by atoms with Gasteiger partial charge in [0.25, 0.3) is 5.91 Å². The van der Waals surface area contributed by atoms with Crippen LogP contribution < -0.4 is 4.90 Å². The molecule has 2 aliphatic rings. The predicted molar refractivity (Wildman–Crippen MR) is 98.0 cm³/mol. The quantitative estimate of drug-likeness (QED) is 0.854. The van der Waals surface area contributed by atoms with Gasteiger partial charge in [0.15, 0.2) is 0 Å². The normalized spacial score (nSPS) is 18.5. The third kappa shape index (κ3) is 3.31. The van der Waals surface area contributed by atoms with Crippen LogP contribution in [0, 0.1) is 6.92 Å². The molecule has 5 heteroatoms. The van der Waals surface area contributed by atoms with E-state index in [1.165, 1.54) is 24.1 Å². The van der Waals surface area contributed by atoms with Crippen LogP contribution in [0.2, 0.25) is 0 Å². The predicted octanol–water partition coefficient (Wildman–Crippen LogP) is 3.68. The third-order valence-corrected chi connectivity index (χ3v) is 5.99. The number of carbonyl (C=O) groups is 1. The molecule has 0 atom stereocenters. The van der Waals surface area contributed by atoms with E-state index in [-0.39, 0.29) is 5.91 Å². The molecule has 1 aromatic carbocycles. The molecule has 1 aromatic heterocycles. The maximum absolute atomic E-state index is 12.8. The molecule has 0 radical (unpaired) electrons. The first kappa shape index (κ1) is 15.6. The Morgan fingerprint density at radius 2 is 1.92 bits per heavy atom. The lowest BCUT2D eigenvalue weighted by Gasteiger charge is -2.23. The van der Waals surface area contributed by atoms with Crippen molar-refractivity contribution >= 4 is 22.9 Å². The Morgan fingerprint density at radius 3 is 2.67 bits per heavy atom. The summed E-state index contributed by atoms with van der Waals surface area (Å²) < 4.78 is 0. The number of hydrogen-bond acceptors (Lipinski definition) is 4. The van der Waals surface area contributed by atoms with Gasteiger partial charge < -0.3 is 9.80 Å². The summed E-state index contributed by atoms with van der Waals surface area (Å²) in [4.78, 5) is 22.4. The van der Waals surface area contributed by atoms with Crippen LogP contribution >= 0.6 is 11.3 Å². The van der Waals surface area contributed by atoms with Crippen molar-refractivity contribution in [3.63, 3.8) is 0 Å². The van der Waals surface area contributed by atoms with Crippen LogP contribution in [0.5, 0.6) is 0 Å². The lowest BCUT2D eigenvalue weighted by Crippen LogP contribution is -2.34. The van der Waals surface area contributed by atoms with Gasteiger partial charge in [0, 0.05) is 37.8 Å². The summed E-state index contributed by atoms with van der Waals surface area (Å²) in [7, 11) is 0. The Bertz CT molecular complexity index is 720. The van der Waals surface area contributed by atoms with E-state index in [1.54, 1.807) is 17.5 Å². The van der Waals surface area contributed by atoms with Crippen LogP contribution in [-0.2, 0) is 0 Å². The van der Waals surface area contributed by atoms with Crippen LogP contribution in [0.15, 0.2) is 30.5 Å². The summed E-state index contributed by atoms with van der Waals surface area (Å²) in [5.74, 6) is 0.780. The Kier molecular flexibility index (Phi) is 4.27. The first-order chi connectivity index (χ1) is 11.7. The molecule has 126 valence electrons. The second-order valence-corrected chi connectivity index (χ2v) is 7.87. The number of nitrogens with zero attached hydrogens (tertiary/aromatic N) is 3. The van der Waals surface area contributed by atoms with E-state index in [0.29, 0.717) is 5.92 Å². The fourth-order valence-electron chi connectivity index (χ4n) is 3.20. The van der Waals surface area contributed by atoms with Crippen molar-refractivity contribution < 1.29 is 4.79 Å². The first-order valence-electron chi connectivity index (χ1n) is 8.77. The maximum atomic E-state index is 12.8. The molecular weight excluding hydrogens is 318 g/mol. The van der Waals surface area contributed by atoms with E-state index >= 15 is 0 Å². The summed E-state index contributed by atoms with van der Waals surface area (Å²) in [6.07, 6.45) is 5.25. The number of rotatable bonds is 3. The molecule has 0 spiro atoms. The van der Waals surface area contributed by atoms with E-state index in [1.807, 2.05) is 4.90 Å². The molecule has 1 aliphatic heterocycles. The molecule has 2 heterocycles. The molecule has 4 nitrogen and oxygen atoms in total. The Hall–Kier alpha value is -1.88. The maximum Gasteiger partial charge on any atom is 0.265 e. The average molecular weight is 341 g/mol. The van der Waals surface area contributed by atoms with Crippen molar-refractivity contribution in [3.05, 3.63) is 45.9 Å². The van der Waals surface area contributed by atoms with Crippen molar-refractivity contribution in [1.82, 2.24) is 9.88 Å². The van der Waals surface area contributed by atoms with Gasteiger partial charge in [-0.3, -0.25) is 4.79 Å². The van der Waals surface area contributed by atoms with Crippen LogP contribution in [0.4, 0.5) is 5.69 Å². The number of anilines is 1. The molecule has 4 rings (SSSR count). The Balaban J connectivity index is 1.41. The number of thiazole rings is 1. The zero-order valence-electron chi connectivity index (χ0n) is 14.1. The standard InChI is InChI=1S/C19H23N3OS/c1-14-3-7-16(8-4-14)21-9-2-10-22(12-11-21)19(23)17-13-20-18(24-17)15-5-6-15/h3-4,7-8,13,15H,2,5-6,9-12H2,1H3. The third-order valence-electron chi connectivity index (χ3n) is 4.84. The lowest BCUT2D eigenvalue weighted by molar-refractivity contribution is 0.0771. The topological polar surface area (TPSA) is 36.4 Å².